The van der Waals surface area contributed by atoms with Crippen LogP contribution in [-0.2, 0) is 0 Å². The van der Waals surface area contributed by atoms with Gasteiger partial charge in [-0.25, -0.2) is 9.07 Å². The fraction of sp³-hybridized carbons (Fsp3) is 0.105. The first-order valence-corrected chi connectivity index (χ1v) is 9.78. The summed E-state index contributed by atoms with van der Waals surface area (Å²) in [6.45, 7) is 1.82. The van der Waals surface area contributed by atoms with E-state index in [2.05, 4.69) is 25.0 Å². The van der Waals surface area contributed by atoms with Gasteiger partial charge in [-0.1, -0.05) is 22.9 Å². The van der Waals surface area contributed by atoms with Gasteiger partial charge in [0, 0.05) is 17.1 Å². The molecule has 0 aliphatic rings. The molecule has 11 heteroatoms. The van der Waals surface area contributed by atoms with Crippen LogP contribution in [0.15, 0.2) is 42.5 Å². The lowest BCUT2D eigenvalue weighted by Crippen LogP contribution is -2.11. The zero-order chi connectivity index (χ0) is 21.3. The maximum atomic E-state index is 13.3. The molecule has 2 heterocycles. The van der Waals surface area contributed by atoms with Crippen molar-refractivity contribution in [1.82, 2.24) is 24.4 Å². The molecular formula is C19H14ClFN6O2S. The number of nitrogens with one attached hydrogen (secondary N) is 1. The van der Waals surface area contributed by atoms with Gasteiger partial charge in [0.1, 0.15) is 11.6 Å². The predicted octanol–water partition coefficient (Wildman–Crippen LogP) is 4.15. The van der Waals surface area contributed by atoms with Crippen LogP contribution >= 0.6 is 23.1 Å². The van der Waals surface area contributed by atoms with Crippen molar-refractivity contribution < 1.29 is 13.9 Å². The molecule has 8 nitrogen and oxygen atoms in total. The Labute approximate surface area is 179 Å². The fourth-order valence-corrected chi connectivity index (χ4v) is 3.56. The minimum atomic E-state index is -0.494. The van der Waals surface area contributed by atoms with E-state index in [0.717, 1.165) is 17.6 Å². The molecule has 0 spiro atoms. The van der Waals surface area contributed by atoms with E-state index >= 15 is 0 Å². The van der Waals surface area contributed by atoms with Crippen LogP contribution in [0.3, 0.4) is 0 Å². The number of aromatic nitrogens is 5. The predicted molar refractivity (Wildman–Crippen MR) is 111 cm³/mol. The summed E-state index contributed by atoms with van der Waals surface area (Å²) >= 11 is 7.19. The lowest BCUT2D eigenvalue weighted by atomic mass is 10.2. The van der Waals surface area contributed by atoms with Crippen molar-refractivity contribution >= 4 is 34.2 Å². The second-order valence-electron chi connectivity index (χ2n) is 6.14. The van der Waals surface area contributed by atoms with E-state index in [1.165, 1.54) is 25.3 Å². The third-order valence-corrected chi connectivity index (χ3v) is 5.15. The van der Waals surface area contributed by atoms with Crippen molar-refractivity contribution in [2.45, 2.75) is 6.92 Å². The number of halogens is 2. The van der Waals surface area contributed by atoms with Crippen molar-refractivity contribution in [2.75, 3.05) is 12.4 Å². The Bertz CT molecular complexity index is 1240. The first-order valence-electron chi connectivity index (χ1n) is 8.63. The molecule has 4 rings (SSSR count). The number of carbonyl (C=O) groups excluding carboxylic acids is 1. The van der Waals surface area contributed by atoms with E-state index in [0.29, 0.717) is 33.7 Å². The second-order valence-corrected chi connectivity index (χ2v) is 7.30. The Kier molecular flexibility index (Phi) is 5.42. The normalized spacial score (nSPS) is 10.8. The molecule has 1 amide bonds. The Morgan fingerprint density at radius 1 is 1.27 bits per heavy atom. The molecule has 0 unspecified atom stereocenters. The second kappa shape index (κ2) is 8.17. The fourth-order valence-electron chi connectivity index (χ4n) is 2.74. The van der Waals surface area contributed by atoms with Crippen LogP contribution in [0.2, 0.25) is 5.02 Å². The van der Waals surface area contributed by atoms with Crippen molar-refractivity contribution in [3.05, 3.63) is 64.6 Å². The molecular weight excluding hydrogens is 431 g/mol. The van der Waals surface area contributed by atoms with Gasteiger partial charge >= 0.3 is 0 Å². The van der Waals surface area contributed by atoms with Crippen LogP contribution in [0, 0.1) is 12.7 Å². The van der Waals surface area contributed by atoms with E-state index in [1.807, 2.05) is 6.92 Å². The minimum Gasteiger partial charge on any atom is -0.495 e. The zero-order valence-corrected chi connectivity index (χ0v) is 17.3. The molecule has 0 saturated heterocycles. The Morgan fingerprint density at radius 3 is 2.83 bits per heavy atom. The highest BCUT2D eigenvalue weighted by atomic mass is 35.5. The average molecular weight is 445 g/mol. The summed E-state index contributed by atoms with van der Waals surface area (Å²) in [4.78, 5) is 16.6. The van der Waals surface area contributed by atoms with Crippen LogP contribution in [0.5, 0.6) is 5.75 Å². The van der Waals surface area contributed by atoms with Gasteiger partial charge in [0.15, 0.2) is 11.5 Å². The van der Waals surface area contributed by atoms with Gasteiger partial charge < -0.3 is 4.74 Å². The van der Waals surface area contributed by atoms with Gasteiger partial charge in [-0.2, -0.15) is 9.36 Å². The van der Waals surface area contributed by atoms with Crippen LogP contribution in [0.1, 0.15) is 16.1 Å². The third kappa shape index (κ3) is 3.87. The molecule has 0 radical (unpaired) electrons. The van der Waals surface area contributed by atoms with Gasteiger partial charge in [0.05, 0.1) is 23.5 Å². The molecule has 0 aliphatic heterocycles. The van der Waals surface area contributed by atoms with Crippen molar-refractivity contribution in [3.8, 4) is 23.0 Å². The van der Waals surface area contributed by atoms with Gasteiger partial charge in [-0.15, -0.1) is 5.10 Å². The Morgan fingerprint density at radius 2 is 2.10 bits per heavy atom. The van der Waals surface area contributed by atoms with Gasteiger partial charge in [0.2, 0.25) is 5.13 Å². The number of ether oxygens (including phenoxy) is 1. The van der Waals surface area contributed by atoms with E-state index in [-0.39, 0.29) is 10.7 Å². The highest BCUT2D eigenvalue weighted by Crippen LogP contribution is 2.29. The topological polar surface area (TPSA) is 94.8 Å². The van der Waals surface area contributed by atoms with Crippen LogP contribution in [-0.4, -0.2) is 37.4 Å². The summed E-state index contributed by atoms with van der Waals surface area (Å²) in [6, 6.07) is 10.6. The zero-order valence-electron chi connectivity index (χ0n) is 15.8. The highest BCUT2D eigenvalue weighted by molar-refractivity contribution is 7.10. The van der Waals surface area contributed by atoms with Crippen LogP contribution in [0.4, 0.5) is 9.52 Å². The molecule has 30 heavy (non-hydrogen) atoms. The number of amides is 1. The Hall–Kier alpha value is -3.37. The summed E-state index contributed by atoms with van der Waals surface area (Å²) in [6.07, 6.45) is 0. The first kappa shape index (κ1) is 19.9. The summed E-state index contributed by atoms with van der Waals surface area (Å²) in [7, 11) is 1.54. The summed E-state index contributed by atoms with van der Waals surface area (Å²) < 4.78 is 24.3. The molecule has 0 saturated carbocycles. The lowest BCUT2D eigenvalue weighted by molar-refractivity contribution is 0.102. The molecule has 2 aromatic carbocycles. The Balaban J connectivity index is 1.57. The van der Waals surface area contributed by atoms with Gasteiger partial charge in [-0.05, 0) is 43.3 Å². The van der Waals surface area contributed by atoms with Crippen molar-refractivity contribution in [2.24, 2.45) is 0 Å². The lowest BCUT2D eigenvalue weighted by Gasteiger charge is -2.07. The SMILES string of the molecule is COc1ccc(-n2nnc(-c3nsc(NC(=O)c4cccc(F)c4)n3)c2C)cc1Cl. The van der Waals surface area contributed by atoms with Gasteiger partial charge in [-0.3, -0.25) is 10.1 Å². The number of anilines is 1. The quantitative estimate of drug-likeness (QED) is 0.497. The average Bonchev–Trinajstić information content (AvgIpc) is 3.34. The van der Waals surface area contributed by atoms with E-state index in [4.69, 9.17) is 16.3 Å². The van der Waals surface area contributed by atoms with E-state index < -0.39 is 11.7 Å². The number of benzene rings is 2. The number of carbonyl (C=O) groups is 1. The van der Waals surface area contributed by atoms with Crippen LogP contribution in [0.25, 0.3) is 17.2 Å². The van der Waals surface area contributed by atoms with Crippen molar-refractivity contribution in [3.63, 3.8) is 0 Å². The molecule has 0 aliphatic carbocycles. The van der Waals surface area contributed by atoms with E-state index in [9.17, 15) is 9.18 Å². The number of methoxy groups -OCH3 is 1. The molecule has 0 bridgehead atoms. The summed E-state index contributed by atoms with van der Waals surface area (Å²) in [5.41, 5.74) is 2.04. The maximum absolute atomic E-state index is 13.3. The largest absolute Gasteiger partial charge is 0.495 e. The molecule has 0 atom stereocenters. The highest BCUT2D eigenvalue weighted by Gasteiger charge is 2.18. The smallest absolute Gasteiger partial charge is 0.257 e. The maximum Gasteiger partial charge on any atom is 0.257 e. The number of nitrogens with zero attached hydrogens (tertiary/aromatic N) is 5. The monoisotopic (exact) mass is 444 g/mol. The number of hydrogen-bond donors (Lipinski definition) is 1. The molecule has 2 aromatic heterocycles. The standard InChI is InChI=1S/C19H14ClFN6O2S/c1-10-16(24-26-27(10)13-6-7-15(29-2)14(20)9-13)17-22-19(30-25-17)23-18(28)11-4-3-5-12(21)8-11/h3-9H,1-2H3,(H,22,23,25,28). The summed E-state index contributed by atoms with van der Waals surface area (Å²) in [5.74, 6) is -0.104. The summed E-state index contributed by atoms with van der Waals surface area (Å²) in [5, 5.41) is 11.6. The molecule has 4 aromatic rings. The van der Waals surface area contributed by atoms with E-state index in [1.54, 1.807) is 22.9 Å². The first-order chi connectivity index (χ1) is 14.5. The van der Waals surface area contributed by atoms with Gasteiger partial charge in [0.25, 0.3) is 5.91 Å². The van der Waals surface area contributed by atoms with Crippen molar-refractivity contribution in [1.29, 1.82) is 0 Å². The number of rotatable bonds is 5. The third-order valence-electron chi connectivity index (χ3n) is 4.22. The molecule has 1 N–H and O–H groups in total. The minimum absolute atomic E-state index is 0.185. The molecule has 0 fully saturated rings. The number of hydrogen-bond acceptors (Lipinski definition) is 7. The van der Waals surface area contributed by atoms with Crippen LogP contribution < -0.4 is 10.1 Å². The molecule has 152 valence electrons.